The number of hydrogen-bond acceptors (Lipinski definition) is 5. The number of fused-ring (bicyclic) bond motifs is 1. The Hall–Kier alpha value is -2.22. The lowest BCUT2D eigenvalue weighted by Gasteiger charge is -2.35. The monoisotopic (exact) mass is 427 g/mol. The van der Waals surface area contributed by atoms with Crippen LogP contribution in [0.5, 0.6) is 0 Å². The van der Waals surface area contributed by atoms with Gasteiger partial charge in [0.1, 0.15) is 0 Å². The van der Waals surface area contributed by atoms with Crippen LogP contribution in [0.25, 0.3) is 0 Å². The maximum atomic E-state index is 12.5. The van der Waals surface area contributed by atoms with Gasteiger partial charge in [0.15, 0.2) is 0 Å². The molecule has 0 fully saturated rings. The van der Waals surface area contributed by atoms with Gasteiger partial charge < -0.3 is 9.88 Å². The molecule has 3 heterocycles. The zero-order valence-corrected chi connectivity index (χ0v) is 18.1. The molecular weight excluding hydrogens is 402 g/mol. The molecule has 0 radical (unpaired) electrons. The van der Waals surface area contributed by atoms with Crippen molar-refractivity contribution in [3.8, 4) is 0 Å². The first-order chi connectivity index (χ1) is 14.1. The quantitative estimate of drug-likeness (QED) is 0.627. The van der Waals surface area contributed by atoms with Crippen LogP contribution < -0.4 is 10.2 Å². The second kappa shape index (κ2) is 9.07. The van der Waals surface area contributed by atoms with Gasteiger partial charge in [-0.05, 0) is 35.9 Å². The third-order valence-electron chi connectivity index (χ3n) is 5.49. The van der Waals surface area contributed by atoms with Crippen molar-refractivity contribution in [2.45, 2.75) is 38.9 Å². The predicted octanol–water partition coefficient (Wildman–Crippen LogP) is 3.59. The number of nitrogens with zero attached hydrogens (tertiary/aromatic N) is 2. The summed E-state index contributed by atoms with van der Waals surface area (Å²) in [6, 6.07) is 12.7. The highest BCUT2D eigenvalue weighted by molar-refractivity contribution is 7.10. The molecule has 0 bridgehead atoms. The number of amides is 1. The van der Waals surface area contributed by atoms with E-state index in [4.69, 9.17) is 0 Å². The van der Waals surface area contributed by atoms with Crippen molar-refractivity contribution in [3.63, 3.8) is 0 Å². The van der Waals surface area contributed by atoms with Crippen LogP contribution in [0.4, 0.5) is 0 Å². The van der Waals surface area contributed by atoms with Crippen LogP contribution in [-0.2, 0) is 24.3 Å². The summed E-state index contributed by atoms with van der Waals surface area (Å²) in [6.07, 6.45) is 1.37. The van der Waals surface area contributed by atoms with E-state index in [0.29, 0.717) is 19.5 Å². The molecule has 1 N–H and O–H groups in total. The van der Waals surface area contributed by atoms with Crippen LogP contribution in [0.1, 0.15) is 34.2 Å². The molecular formula is C22H25N3O2S2. The molecule has 3 aromatic rings. The second-order valence-electron chi connectivity index (χ2n) is 7.36. The van der Waals surface area contributed by atoms with E-state index < -0.39 is 0 Å². The van der Waals surface area contributed by atoms with Crippen molar-refractivity contribution in [2.75, 3.05) is 13.1 Å². The molecule has 7 heteroatoms. The lowest BCUT2D eigenvalue weighted by molar-refractivity contribution is -0.121. The molecule has 2 aromatic heterocycles. The van der Waals surface area contributed by atoms with E-state index in [1.54, 1.807) is 4.57 Å². The molecule has 1 aromatic carbocycles. The van der Waals surface area contributed by atoms with E-state index >= 15 is 0 Å². The van der Waals surface area contributed by atoms with Crippen molar-refractivity contribution in [1.29, 1.82) is 0 Å². The highest BCUT2D eigenvalue weighted by atomic mass is 32.1. The molecule has 5 nitrogen and oxygen atoms in total. The Balaban J connectivity index is 1.41. The Morgan fingerprint density at radius 2 is 2.03 bits per heavy atom. The summed E-state index contributed by atoms with van der Waals surface area (Å²) >= 11 is 3.02. The van der Waals surface area contributed by atoms with Crippen LogP contribution in [-0.4, -0.2) is 28.5 Å². The minimum absolute atomic E-state index is 0.00246. The van der Waals surface area contributed by atoms with Gasteiger partial charge in [0.25, 0.3) is 0 Å². The molecule has 0 spiro atoms. The van der Waals surface area contributed by atoms with Gasteiger partial charge in [-0.1, -0.05) is 41.7 Å². The van der Waals surface area contributed by atoms with Crippen LogP contribution in [0.3, 0.4) is 0 Å². The smallest absolute Gasteiger partial charge is 0.307 e. The van der Waals surface area contributed by atoms with E-state index in [1.165, 1.54) is 27.3 Å². The van der Waals surface area contributed by atoms with Crippen LogP contribution >= 0.6 is 22.7 Å². The molecule has 152 valence electrons. The molecule has 0 unspecified atom stereocenters. The highest BCUT2D eigenvalue weighted by Gasteiger charge is 2.25. The van der Waals surface area contributed by atoms with Gasteiger partial charge >= 0.3 is 4.87 Å². The molecule has 0 aliphatic carbocycles. The summed E-state index contributed by atoms with van der Waals surface area (Å²) in [5.41, 5.74) is 3.53. The van der Waals surface area contributed by atoms with E-state index in [9.17, 15) is 9.59 Å². The average Bonchev–Trinajstić information content (AvgIpc) is 3.33. The Morgan fingerprint density at radius 3 is 2.79 bits per heavy atom. The van der Waals surface area contributed by atoms with Gasteiger partial charge in [0.2, 0.25) is 5.91 Å². The first kappa shape index (κ1) is 20.1. The standard InChI is InChI=1S/C22H25N3O2S2/c1-16-15-29-22(27)25(16)11-8-21(26)23-13-19(17-5-3-2-4-6-17)24-10-7-20-18(14-24)9-12-28-20/h2-6,9,12,15,19H,7-8,10-11,13-14H2,1H3,(H,23,26)/t19-/m1/s1. The third-order valence-corrected chi connectivity index (χ3v) is 7.40. The van der Waals surface area contributed by atoms with E-state index in [0.717, 1.165) is 25.2 Å². The molecule has 29 heavy (non-hydrogen) atoms. The van der Waals surface area contributed by atoms with Gasteiger partial charge in [-0.3, -0.25) is 14.5 Å². The average molecular weight is 428 g/mol. The van der Waals surface area contributed by atoms with Crippen molar-refractivity contribution in [2.24, 2.45) is 0 Å². The number of thiophene rings is 1. The number of carbonyl (C=O) groups excluding carboxylic acids is 1. The fourth-order valence-electron chi connectivity index (χ4n) is 3.86. The predicted molar refractivity (Wildman–Crippen MR) is 119 cm³/mol. The normalized spacial score (nSPS) is 15.1. The van der Waals surface area contributed by atoms with Crippen molar-refractivity contribution >= 4 is 28.6 Å². The summed E-state index contributed by atoms with van der Waals surface area (Å²) < 4.78 is 1.67. The highest BCUT2D eigenvalue weighted by Crippen LogP contribution is 2.30. The van der Waals surface area contributed by atoms with E-state index in [-0.39, 0.29) is 16.8 Å². The summed E-state index contributed by atoms with van der Waals surface area (Å²) in [7, 11) is 0. The summed E-state index contributed by atoms with van der Waals surface area (Å²) in [5, 5.41) is 7.11. The molecule has 1 amide bonds. The molecule has 4 rings (SSSR count). The number of nitrogens with one attached hydrogen (secondary N) is 1. The van der Waals surface area contributed by atoms with Crippen molar-refractivity contribution in [3.05, 3.63) is 78.5 Å². The van der Waals surface area contributed by atoms with E-state index in [1.807, 2.05) is 29.7 Å². The largest absolute Gasteiger partial charge is 0.354 e. The Kier molecular flexibility index (Phi) is 6.28. The maximum Gasteiger partial charge on any atom is 0.307 e. The van der Waals surface area contributed by atoms with Crippen LogP contribution in [0.2, 0.25) is 0 Å². The Bertz CT molecular complexity index is 1020. The summed E-state index contributed by atoms with van der Waals surface area (Å²) in [5.74, 6) is -0.0170. The zero-order valence-electron chi connectivity index (χ0n) is 16.5. The third kappa shape index (κ3) is 4.69. The fraction of sp³-hybridized carbons (Fsp3) is 0.364. The number of hydrogen-bond donors (Lipinski definition) is 1. The summed E-state index contributed by atoms with van der Waals surface area (Å²) in [6.45, 7) is 4.80. The van der Waals surface area contributed by atoms with Gasteiger partial charge in [0, 0.05) is 48.6 Å². The fourth-order valence-corrected chi connectivity index (χ4v) is 5.51. The first-order valence-corrected chi connectivity index (χ1v) is 11.6. The van der Waals surface area contributed by atoms with Gasteiger partial charge in [-0.2, -0.15) is 0 Å². The second-order valence-corrected chi connectivity index (χ2v) is 9.19. The zero-order chi connectivity index (χ0) is 20.2. The number of aromatic nitrogens is 1. The minimum atomic E-state index is -0.0170. The van der Waals surface area contributed by atoms with Gasteiger partial charge in [0.05, 0.1) is 6.04 Å². The molecule has 1 atom stereocenters. The number of thiazole rings is 1. The SMILES string of the molecule is Cc1csc(=O)n1CCC(=O)NC[C@H](c1ccccc1)N1CCc2sccc2C1. The molecule has 0 saturated heterocycles. The van der Waals surface area contributed by atoms with E-state index in [2.05, 4.69) is 45.9 Å². The molecule has 1 aliphatic heterocycles. The topological polar surface area (TPSA) is 54.3 Å². The molecule has 0 saturated carbocycles. The van der Waals surface area contributed by atoms with Crippen molar-refractivity contribution in [1.82, 2.24) is 14.8 Å². The van der Waals surface area contributed by atoms with Gasteiger partial charge in [-0.25, -0.2) is 0 Å². The first-order valence-electron chi connectivity index (χ1n) is 9.87. The van der Waals surface area contributed by atoms with Crippen molar-refractivity contribution < 1.29 is 4.79 Å². The van der Waals surface area contributed by atoms with Crippen LogP contribution in [0, 0.1) is 6.92 Å². The lowest BCUT2D eigenvalue weighted by Crippen LogP contribution is -2.40. The summed E-state index contributed by atoms with van der Waals surface area (Å²) in [4.78, 5) is 28.3. The van der Waals surface area contributed by atoms with Crippen LogP contribution in [0.15, 0.2) is 52.0 Å². The Morgan fingerprint density at radius 1 is 1.21 bits per heavy atom. The lowest BCUT2D eigenvalue weighted by atomic mass is 10.0. The maximum absolute atomic E-state index is 12.5. The number of rotatable bonds is 7. The minimum Gasteiger partial charge on any atom is -0.354 e. The number of benzene rings is 1. The number of aryl methyl sites for hydroxylation is 1. The molecule has 1 aliphatic rings. The number of carbonyl (C=O) groups is 1. The Labute approximate surface area is 178 Å². The van der Waals surface area contributed by atoms with Gasteiger partial charge in [-0.15, -0.1) is 11.3 Å².